The van der Waals surface area contributed by atoms with Crippen LogP contribution in [0.25, 0.3) is 11.3 Å². The van der Waals surface area contributed by atoms with Crippen LogP contribution in [0, 0.1) is 11.8 Å². The third-order valence-electron chi connectivity index (χ3n) is 4.75. The summed E-state index contributed by atoms with van der Waals surface area (Å²) in [5, 5.41) is 17.4. The van der Waals surface area contributed by atoms with E-state index in [-0.39, 0.29) is 23.5 Å². The molecule has 0 aliphatic heterocycles. The number of nitrogens with zero attached hydrogens (tertiary/aromatic N) is 1. The Hall–Kier alpha value is -3.19. The molecule has 0 spiro atoms. The van der Waals surface area contributed by atoms with Gasteiger partial charge in [0.2, 0.25) is 5.91 Å². The Bertz CT molecular complexity index is 1010. The van der Waals surface area contributed by atoms with Gasteiger partial charge < -0.3 is 10.4 Å². The smallest absolute Gasteiger partial charge is 0.257 e. The molecular weight excluding hydrogens is 374 g/mol. The number of benzene rings is 2. The minimum absolute atomic E-state index is 0.0363. The van der Waals surface area contributed by atoms with E-state index in [2.05, 4.69) is 22.5 Å². The molecule has 2 amide bonds. The Balaban J connectivity index is 1.38. The van der Waals surface area contributed by atoms with Gasteiger partial charge in [-0.3, -0.25) is 14.9 Å². The molecule has 142 valence electrons. The number of phenols is 1. The summed E-state index contributed by atoms with van der Waals surface area (Å²) in [6, 6.07) is 13.5. The van der Waals surface area contributed by atoms with Crippen molar-refractivity contribution in [2.24, 2.45) is 11.8 Å². The molecule has 1 aliphatic rings. The van der Waals surface area contributed by atoms with Crippen LogP contribution in [-0.2, 0) is 4.79 Å². The highest BCUT2D eigenvalue weighted by Crippen LogP contribution is 2.38. The number of phenolic OH excluding ortho intramolecular Hbond substituents is 1. The van der Waals surface area contributed by atoms with Crippen molar-refractivity contribution in [2.75, 3.05) is 10.6 Å². The molecule has 3 N–H and O–H groups in total. The van der Waals surface area contributed by atoms with Crippen LogP contribution in [0.15, 0.2) is 53.9 Å². The molecule has 2 atom stereocenters. The van der Waals surface area contributed by atoms with Crippen LogP contribution >= 0.6 is 11.3 Å². The third kappa shape index (κ3) is 4.04. The van der Waals surface area contributed by atoms with Gasteiger partial charge in [0.05, 0.1) is 5.69 Å². The van der Waals surface area contributed by atoms with Crippen LogP contribution in [0.1, 0.15) is 23.7 Å². The Labute approximate surface area is 166 Å². The number of hydrogen-bond acceptors (Lipinski definition) is 5. The molecule has 6 nitrogen and oxygen atoms in total. The van der Waals surface area contributed by atoms with Crippen LogP contribution < -0.4 is 10.6 Å². The molecule has 2 unspecified atom stereocenters. The van der Waals surface area contributed by atoms with Crippen molar-refractivity contribution in [3.05, 3.63) is 59.5 Å². The first-order valence-corrected chi connectivity index (χ1v) is 9.85. The lowest BCUT2D eigenvalue weighted by Gasteiger charge is -2.06. The van der Waals surface area contributed by atoms with Gasteiger partial charge in [0.15, 0.2) is 5.13 Å². The largest absolute Gasteiger partial charge is 0.508 e. The molecule has 0 radical (unpaired) electrons. The van der Waals surface area contributed by atoms with Gasteiger partial charge in [0.1, 0.15) is 5.75 Å². The van der Waals surface area contributed by atoms with Gasteiger partial charge in [0, 0.05) is 28.1 Å². The summed E-state index contributed by atoms with van der Waals surface area (Å²) >= 11 is 1.33. The fraction of sp³-hybridized carbons (Fsp3) is 0.190. The first kappa shape index (κ1) is 18.2. The van der Waals surface area contributed by atoms with Crippen molar-refractivity contribution >= 4 is 34.0 Å². The predicted octanol–water partition coefficient (Wildman–Crippen LogP) is 4.36. The number of thiazole rings is 1. The summed E-state index contributed by atoms with van der Waals surface area (Å²) in [4.78, 5) is 28.8. The summed E-state index contributed by atoms with van der Waals surface area (Å²) in [5.41, 5.74) is 2.76. The summed E-state index contributed by atoms with van der Waals surface area (Å²) in [6.07, 6.45) is 0.937. The SMILES string of the molecule is CC1CC1C(=O)Nc1ccc(C(=O)Nc2nc(-c3ccc(O)cc3)cs2)cc1. The van der Waals surface area contributed by atoms with Crippen molar-refractivity contribution < 1.29 is 14.7 Å². The summed E-state index contributed by atoms with van der Waals surface area (Å²) in [5.74, 6) is 0.527. The molecule has 0 saturated heterocycles. The first-order chi connectivity index (χ1) is 13.5. The van der Waals surface area contributed by atoms with E-state index in [1.807, 2.05) is 5.38 Å². The van der Waals surface area contributed by atoms with E-state index >= 15 is 0 Å². The highest BCUT2D eigenvalue weighted by molar-refractivity contribution is 7.14. The molecule has 3 aromatic rings. The normalized spacial score (nSPS) is 17.8. The molecule has 4 rings (SSSR count). The standard InChI is InChI=1S/C21H19N3O3S/c1-12-10-17(12)20(27)22-15-6-2-14(3-7-15)19(26)24-21-23-18(11-28-21)13-4-8-16(25)9-5-13/h2-9,11-12,17,25H,10H2,1H3,(H,22,27)(H,23,24,26). The molecular formula is C21H19N3O3S. The molecule has 1 heterocycles. The van der Waals surface area contributed by atoms with Crippen LogP contribution in [0.2, 0.25) is 0 Å². The maximum absolute atomic E-state index is 12.4. The molecule has 1 fully saturated rings. The Kier molecular flexibility index (Phi) is 4.83. The van der Waals surface area contributed by atoms with E-state index in [4.69, 9.17) is 0 Å². The number of hydrogen-bond donors (Lipinski definition) is 3. The predicted molar refractivity (Wildman–Crippen MR) is 110 cm³/mol. The zero-order valence-electron chi connectivity index (χ0n) is 15.2. The van der Waals surface area contributed by atoms with Crippen LogP contribution in [0.4, 0.5) is 10.8 Å². The van der Waals surface area contributed by atoms with E-state index in [0.717, 1.165) is 17.7 Å². The Morgan fingerprint density at radius 1 is 1.07 bits per heavy atom. The summed E-state index contributed by atoms with van der Waals surface area (Å²) in [7, 11) is 0. The highest BCUT2D eigenvalue weighted by Gasteiger charge is 2.39. The minimum atomic E-state index is -0.264. The van der Waals surface area contributed by atoms with Gasteiger partial charge >= 0.3 is 0 Å². The van der Waals surface area contributed by atoms with E-state index in [9.17, 15) is 14.7 Å². The molecule has 0 bridgehead atoms. The van der Waals surface area contributed by atoms with Crippen LogP contribution in [-0.4, -0.2) is 21.9 Å². The number of aromatic hydroxyl groups is 1. The maximum Gasteiger partial charge on any atom is 0.257 e. The van der Waals surface area contributed by atoms with Crippen molar-refractivity contribution in [1.82, 2.24) is 4.98 Å². The van der Waals surface area contributed by atoms with E-state index < -0.39 is 0 Å². The van der Waals surface area contributed by atoms with E-state index in [0.29, 0.717) is 22.3 Å². The lowest BCUT2D eigenvalue weighted by atomic mass is 10.2. The van der Waals surface area contributed by atoms with Gasteiger partial charge in [-0.25, -0.2) is 4.98 Å². The molecule has 1 aliphatic carbocycles. The monoisotopic (exact) mass is 393 g/mol. The van der Waals surface area contributed by atoms with E-state index in [1.165, 1.54) is 11.3 Å². The zero-order chi connectivity index (χ0) is 19.7. The lowest BCUT2D eigenvalue weighted by Crippen LogP contribution is -2.15. The van der Waals surface area contributed by atoms with Gasteiger partial charge in [-0.15, -0.1) is 11.3 Å². The van der Waals surface area contributed by atoms with Crippen molar-refractivity contribution in [1.29, 1.82) is 0 Å². The number of carbonyl (C=O) groups excluding carboxylic acids is 2. The second-order valence-corrected chi connectivity index (χ2v) is 7.78. The van der Waals surface area contributed by atoms with Gasteiger partial charge in [-0.2, -0.15) is 0 Å². The van der Waals surface area contributed by atoms with Gasteiger partial charge in [0.25, 0.3) is 5.91 Å². The number of rotatable bonds is 5. The minimum Gasteiger partial charge on any atom is -0.508 e. The summed E-state index contributed by atoms with van der Waals surface area (Å²) in [6.45, 7) is 2.06. The zero-order valence-corrected chi connectivity index (χ0v) is 16.0. The second kappa shape index (κ2) is 7.44. The Morgan fingerprint density at radius 3 is 2.39 bits per heavy atom. The third-order valence-corrected chi connectivity index (χ3v) is 5.51. The molecule has 2 aromatic carbocycles. The van der Waals surface area contributed by atoms with Gasteiger partial charge in [-0.1, -0.05) is 6.92 Å². The first-order valence-electron chi connectivity index (χ1n) is 8.97. The quantitative estimate of drug-likeness (QED) is 0.600. The number of amides is 2. The highest BCUT2D eigenvalue weighted by atomic mass is 32.1. The van der Waals surface area contributed by atoms with Crippen LogP contribution in [0.5, 0.6) is 5.75 Å². The van der Waals surface area contributed by atoms with Crippen molar-refractivity contribution in [3.63, 3.8) is 0 Å². The average Bonchev–Trinajstić information content (AvgIpc) is 3.25. The molecule has 1 saturated carbocycles. The van der Waals surface area contributed by atoms with Crippen molar-refractivity contribution in [3.8, 4) is 17.0 Å². The fourth-order valence-electron chi connectivity index (χ4n) is 2.89. The average molecular weight is 393 g/mol. The van der Waals surface area contributed by atoms with E-state index in [1.54, 1.807) is 48.5 Å². The maximum atomic E-state index is 12.4. The van der Waals surface area contributed by atoms with Crippen LogP contribution in [0.3, 0.4) is 0 Å². The number of nitrogens with one attached hydrogen (secondary N) is 2. The Morgan fingerprint density at radius 2 is 1.75 bits per heavy atom. The molecule has 1 aromatic heterocycles. The fourth-order valence-corrected chi connectivity index (χ4v) is 3.61. The second-order valence-electron chi connectivity index (χ2n) is 6.92. The van der Waals surface area contributed by atoms with Crippen molar-refractivity contribution in [2.45, 2.75) is 13.3 Å². The van der Waals surface area contributed by atoms with Gasteiger partial charge in [-0.05, 0) is 60.9 Å². The number of carbonyl (C=O) groups is 2. The molecule has 7 heteroatoms. The molecule has 28 heavy (non-hydrogen) atoms. The topological polar surface area (TPSA) is 91.3 Å². The lowest BCUT2D eigenvalue weighted by molar-refractivity contribution is -0.117. The number of aromatic nitrogens is 1. The summed E-state index contributed by atoms with van der Waals surface area (Å²) < 4.78 is 0. The number of anilines is 2.